The lowest BCUT2D eigenvalue weighted by atomic mass is 10.0. The highest BCUT2D eigenvalue weighted by Crippen LogP contribution is 2.35. The molecule has 0 aliphatic carbocycles. The molecule has 0 aliphatic heterocycles. The summed E-state index contributed by atoms with van der Waals surface area (Å²) in [6, 6.07) is 13.3. The lowest BCUT2D eigenvalue weighted by Crippen LogP contribution is -1.95. The molecule has 0 aromatic heterocycles. The monoisotopic (exact) mass is 344 g/mol. The average molecular weight is 346 g/mol. The van der Waals surface area contributed by atoms with Gasteiger partial charge in [-0.15, -0.1) is 11.6 Å². The van der Waals surface area contributed by atoms with Gasteiger partial charge in [0.2, 0.25) is 0 Å². The second-order valence-electron chi connectivity index (χ2n) is 3.80. The minimum atomic E-state index is -0.246. The first-order valence-corrected chi connectivity index (χ1v) is 6.95. The lowest BCUT2D eigenvalue weighted by molar-refractivity contribution is 0.414. The van der Waals surface area contributed by atoms with E-state index < -0.39 is 0 Å². The molecule has 1 nitrogen and oxygen atoms in total. The Hall–Kier alpha value is -0.700. The molecule has 1 unspecified atom stereocenters. The number of ether oxygens (including phenoxy) is 1. The predicted octanol–water partition coefficient (Wildman–Crippen LogP) is 5.44. The molecule has 0 radical (unpaired) electrons. The maximum Gasteiger partial charge on any atom is 0.118 e. The Bertz CT molecular complexity index is 540. The van der Waals surface area contributed by atoms with Gasteiger partial charge in [-0.3, -0.25) is 0 Å². The van der Waals surface area contributed by atoms with Crippen LogP contribution in [-0.2, 0) is 0 Å². The van der Waals surface area contributed by atoms with Gasteiger partial charge < -0.3 is 4.74 Å². The third kappa shape index (κ3) is 3.00. The number of hydrogen-bond donors (Lipinski definition) is 0. The van der Waals surface area contributed by atoms with Crippen molar-refractivity contribution in [2.24, 2.45) is 0 Å². The van der Waals surface area contributed by atoms with E-state index in [9.17, 15) is 0 Å². The van der Waals surface area contributed by atoms with Crippen molar-refractivity contribution < 1.29 is 4.74 Å². The summed E-state index contributed by atoms with van der Waals surface area (Å²) in [6.45, 7) is 0. The molecule has 0 saturated heterocycles. The molecule has 18 heavy (non-hydrogen) atoms. The molecule has 0 saturated carbocycles. The number of hydrogen-bond acceptors (Lipinski definition) is 1. The van der Waals surface area contributed by atoms with Gasteiger partial charge in [-0.1, -0.05) is 39.7 Å². The summed E-state index contributed by atoms with van der Waals surface area (Å²) in [5.74, 6) is 0.813. The van der Waals surface area contributed by atoms with Crippen molar-refractivity contribution in [3.8, 4) is 5.75 Å². The smallest absolute Gasteiger partial charge is 0.118 e. The van der Waals surface area contributed by atoms with E-state index in [2.05, 4.69) is 15.9 Å². The third-order valence-electron chi connectivity index (χ3n) is 2.64. The molecule has 0 spiro atoms. The average Bonchev–Trinajstić information content (AvgIpc) is 2.41. The molecule has 0 fully saturated rings. The highest BCUT2D eigenvalue weighted by molar-refractivity contribution is 9.10. The molecule has 94 valence electrons. The van der Waals surface area contributed by atoms with E-state index in [1.807, 2.05) is 42.5 Å². The Morgan fingerprint density at radius 3 is 2.39 bits per heavy atom. The Kier molecular flexibility index (Phi) is 4.55. The fraction of sp³-hybridized carbons (Fsp3) is 0.143. The zero-order chi connectivity index (χ0) is 13.1. The number of rotatable bonds is 3. The summed E-state index contributed by atoms with van der Waals surface area (Å²) in [7, 11) is 1.64. The van der Waals surface area contributed by atoms with Crippen LogP contribution in [0.5, 0.6) is 5.75 Å². The van der Waals surface area contributed by atoms with E-state index in [1.165, 1.54) is 0 Å². The van der Waals surface area contributed by atoms with Gasteiger partial charge in [0.1, 0.15) is 5.75 Å². The first-order chi connectivity index (χ1) is 8.61. The lowest BCUT2D eigenvalue weighted by Gasteiger charge is -2.13. The maximum absolute atomic E-state index is 6.47. The van der Waals surface area contributed by atoms with Gasteiger partial charge in [-0.25, -0.2) is 0 Å². The summed E-state index contributed by atoms with van der Waals surface area (Å²) in [4.78, 5) is 0. The van der Waals surface area contributed by atoms with E-state index in [0.717, 1.165) is 21.3 Å². The zero-order valence-electron chi connectivity index (χ0n) is 9.66. The van der Waals surface area contributed by atoms with E-state index in [4.69, 9.17) is 27.9 Å². The fourth-order valence-electron chi connectivity index (χ4n) is 1.66. The van der Waals surface area contributed by atoms with Crippen LogP contribution in [0.4, 0.5) is 0 Å². The van der Waals surface area contributed by atoms with Crippen molar-refractivity contribution in [3.63, 3.8) is 0 Å². The third-order valence-corrected chi connectivity index (χ3v) is 4.08. The summed E-state index contributed by atoms with van der Waals surface area (Å²) >= 11 is 16.0. The second-order valence-corrected chi connectivity index (χ2v) is 5.53. The van der Waals surface area contributed by atoms with E-state index in [0.29, 0.717) is 5.02 Å². The van der Waals surface area contributed by atoms with Gasteiger partial charge in [0.25, 0.3) is 0 Å². The number of halogens is 3. The first-order valence-electron chi connectivity index (χ1n) is 5.35. The molecular weight excluding hydrogens is 335 g/mol. The molecule has 2 rings (SSSR count). The maximum atomic E-state index is 6.47. The quantitative estimate of drug-likeness (QED) is 0.673. The van der Waals surface area contributed by atoms with Crippen molar-refractivity contribution >= 4 is 39.1 Å². The minimum Gasteiger partial charge on any atom is -0.497 e. The van der Waals surface area contributed by atoms with Crippen molar-refractivity contribution in [1.29, 1.82) is 0 Å². The molecule has 0 N–H and O–H groups in total. The van der Waals surface area contributed by atoms with Crippen LogP contribution in [-0.4, -0.2) is 7.11 Å². The van der Waals surface area contributed by atoms with Gasteiger partial charge in [0, 0.05) is 9.50 Å². The van der Waals surface area contributed by atoms with Gasteiger partial charge in [0.15, 0.2) is 0 Å². The summed E-state index contributed by atoms with van der Waals surface area (Å²) in [5.41, 5.74) is 1.95. The first kappa shape index (κ1) is 13.7. The van der Waals surface area contributed by atoms with Crippen molar-refractivity contribution in [2.75, 3.05) is 7.11 Å². The van der Waals surface area contributed by atoms with Gasteiger partial charge >= 0.3 is 0 Å². The molecule has 2 aromatic carbocycles. The molecule has 0 aliphatic rings. The number of benzene rings is 2. The van der Waals surface area contributed by atoms with Crippen LogP contribution in [0.15, 0.2) is 46.9 Å². The number of alkyl halides is 1. The van der Waals surface area contributed by atoms with Crippen molar-refractivity contribution in [3.05, 3.63) is 63.1 Å². The Balaban J connectivity index is 2.34. The van der Waals surface area contributed by atoms with Gasteiger partial charge in [-0.2, -0.15) is 0 Å². The van der Waals surface area contributed by atoms with Crippen molar-refractivity contribution in [1.82, 2.24) is 0 Å². The summed E-state index contributed by atoms with van der Waals surface area (Å²) in [5, 5.41) is 0.427. The van der Waals surface area contributed by atoms with Crippen LogP contribution >= 0.6 is 39.1 Å². The highest BCUT2D eigenvalue weighted by atomic mass is 79.9. The predicted molar refractivity (Wildman–Crippen MR) is 79.8 cm³/mol. The SMILES string of the molecule is COc1ccc(C(Cl)c2cc(Cl)ccc2Br)cc1. The molecule has 1 atom stereocenters. The number of methoxy groups -OCH3 is 1. The minimum absolute atomic E-state index is 0.246. The Morgan fingerprint density at radius 1 is 1.11 bits per heavy atom. The molecule has 2 aromatic rings. The Labute approximate surface area is 125 Å². The summed E-state index contributed by atoms with van der Waals surface area (Å²) in [6.07, 6.45) is 0. The van der Waals surface area contributed by atoms with Crippen molar-refractivity contribution in [2.45, 2.75) is 5.38 Å². The van der Waals surface area contributed by atoms with Crippen LogP contribution < -0.4 is 4.74 Å². The van der Waals surface area contributed by atoms with Crippen LogP contribution in [0.25, 0.3) is 0 Å². The zero-order valence-corrected chi connectivity index (χ0v) is 12.8. The van der Waals surface area contributed by atoms with Crippen LogP contribution in [0, 0.1) is 0 Å². The van der Waals surface area contributed by atoms with Crippen LogP contribution in [0.2, 0.25) is 5.02 Å². The Morgan fingerprint density at radius 2 is 1.78 bits per heavy atom. The van der Waals surface area contributed by atoms with E-state index in [1.54, 1.807) is 7.11 Å². The van der Waals surface area contributed by atoms with Crippen LogP contribution in [0.1, 0.15) is 16.5 Å². The molecular formula is C14H11BrCl2O. The molecule has 0 amide bonds. The standard InChI is InChI=1S/C14H11BrCl2O/c1-18-11-5-2-9(3-6-11)14(17)12-8-10(16)4-7-13(12)15/h2-8,14H,1H3. The fourth-order valence-corrected chi connectivity index (χ4v) is 2.78. The molecule has 4 heteroatoms. The van der Waals surface area contributed by atoms with Gasteiger partial charge in [0.05, 0.1) is 12.5 Å². The van der Waals surface area contributed by atoms with Crippen LogP contribution in [0.3, 0.4) is 0 Å². The summed E-state index contributed by atoms with van der Waals surface area (Å²) < 4.78 is 6.07. The van der Waals surface area contributed by atoms with E-state index in [-0.39, 0.29) is 5.38 Å². The second kappa shape index (κ2) is 5.96. The van der Waals surface area contributed by atoms with E-state index >= 15 is 0 Å². The highest BCUT2D eigenvalue weighted by Gasteiger charge is 2.14. The molecule has 0 heterocycles. The topological polar surface area (TPSA) is 9.23 Å². The normalized spacial score (nSPS) is 12.2. The van der Waals surface area contributed by atoms with Gasteiger partial charge in [-0.05, 0) is 41.5 Å². The largest absolute Gasteiger partial charge is 0.497 e. The molecule has 0 bridgehead atoms.